The Morgan fingerprint density at radius 2 is 1.51 bits per heavy atom. The molecule has 1 fully saturated rings. The van der Waals surface area contributed by atoms with Crippen molar-refractivity contribution < 1.29 is 14.4 Å². The van der Waals surface area contributed by atoms with Gasteiger partial charge in [-0.25, -0.2) is 0 Å². The highest BCUT2D eigenvalue weighted by Crippen LogP contribution is 2.18. The van der Waals surface area contributed by atoms with Gasteiger partial charge in [0.1, 0.15) is 0 Å². The van der Waals surface area contributed by atoms with E-state index in [1.165, 1.54) is 6.42 Å². The van der Waals surface area contributed by atoms with E-state index < -0.39 is 0 Å². The number of hydrogen-bond donors (Lipinski definition) is 2. The first-order valence-corrected chi connectivity index (χ1v) is 11.9. The molecule has 0 aromatic heterocycles. The van der Waals surface area contributed by atoms with Crippen LogP contribution in [-0.4, -0.2) is 49.3 Å². The monoisotopic (exact) mass is 470 g/mol. The molecule has 0 saturated carbocycles. The van der Waals surface area contributed by atoms with Crippen molar-refractivity contribution in [3.63, 3.8) is 0 Å². The lowest BCUT2D eigenvalue weighted by molar-refractivity contribution is -0.114. The van der Waals surface area contributed by atoms with Crippen LogP contribution in [0.1, 0.15) is 40.0 Å². The van der Waals surface area contributed by atoms with Gasteiger partial charge in [-0.15, -0.1) is 0 Å². The molecule has 0 bridgehead atoms. The highest BCUT2D eigenvalue weighted by Gasteiger charge is 2.18. The van der Waals surface area contributed by atoms with E-state index in [9.17, 15) is 14.4 Å². The Labute approximate surface area is 205 Å². The number of likely N-dealkylation sites (tertiary alicyclic amines) is 1. The summed E-state index contributed by atoms with van der Waals surface area (Å²) in [6.07, 6.45) is 3.27. The molecule has 0 unspecified atom stereocenters. The van der Waals surface area contributed by atoms with Gasteiger partial charge in [0.25, 0.3) is 11.8 Å². The molecule has 0 spiro atoms. The average molecular weight is 471 g/mol. The third-order valence-electron chi connectivity index (χ3n) is 6.07. The highest BCUT2D eigenvalue weighted by molar-refractivity contribution is 6.06. The Bertz CT molecular complexity index is 1170. The maximum atomic E-state index is 12.8. The van der Waals surface area contributed by atoms with Gasteiger partial charge in [-0.1, -0.05) is 24.3 Å². The van der Waals surface area contributed by atoms with Crippen molar-refractivity contribution in [2.75, 3.05) is 42.2 Å². The number of carbonyl (C=O) groups is 3. The van der Waals surface area contributed by atoms with Gasteiger partial charge in [0, 0.05) is 48.3 Å². The number of para-hydroxylation sites is 1. The van der Waals surface area contributed by atoms with Crippen LogP contribution in [0, 0.1) is 0 Å². The molecule has 0 atom stereocenters. The molecule has 1 aliphatic rings. The van der Waals surface area contributed by atoms with Crippen molar-refractivity contribution in [2.45, 2.75) is 19.3 Å². The highest BCUT2D eigenvalue weighted by atomic mass is 16.2. The number of nitrogens with one attached hydrogen (secondary N) is 2. The van der Waals surface area contributed by atoms with Crippen molar-refractivity contribution in [2.24, 2.45) is 0 Å². The molecule has 0 aliphatic carbocycles. The van der Waals surface area contributed by atoms with Gasteiger partial charge in [0.05, 0.1) is 6.54 Å². The van der Waals surface area contributed by atoms with Crippen molar-refractivity contribution >= 4 is 34.8 Å². The van der Waals surface area contributed by atoms with Gasteiger partial charge in [-0.2, -0.15) is 0 Å². The van der Waals surface area contributed by atoms with Crippen molar-refractivity contribution in [1.29, 1.82) is 0 Å². The summed E-state index contributed by atoms with van der Waals surface area (Å²) in [5.41, 5.74) is 3.26. The number of amides is 3. The fraction of sp³-hybridized carbons (Fsp3) is 0.250. The maximum Gasteiger partial charge on any atom is 0.258 e. The molecule has 3 aromatic rings. The first-order valence-electron chi connectivity index (χ1n) is 11.9. The van der Waals surface area contributed by atoms with Crippen molar-refractivity contribution in [3.05, 3.63) is 90.0 Å². The van der Waals surface area contributed by atoms with Crippen LogP contribution in [0.3, 0.4) is 0 Å². The molecule has 1 heterocycles. The maximum absolute atomic E-state index is 12.8. The van der Waals surface area contributed by atoms with E-state index in [1.807, 2.05) is 41.3 Å². The Morgan fingerprint density at radius 1 is 0.800 bits per heavy atom. The van der Waals surface area contributed by atoms with Crippen LogP contribution in [0.2, 0.25) is 0 Å². The normalized spacial score (nSPS) is 13.1. The fourth-order valence-electron chi connectivity index (χ4n) is 4.09. The van der Waals surface area contributed by atoms with E-state index in [-0.39, 0.29) is 24.3 Å². The van der Waals surface area contributed by atoms with Crippen LogP contribution < -0.4 is 15.5 Å². The number of benzene rings is 3. The number of anilines is 3. The molecule has 7 heteroatoms. The van der Waals surface area contributed by atoms with Gasteiger partial charge >= 0.3 is 0 Å². The summed E-state index contributed by atoms with van der Waals surface area (Å²) in [4.78, 5) is 41.4. The molecule has 1 aliphatic heterocycles. The zero-order chi connectivity index (χ0) is 24.6. The zero-order valence-corrected chi connectivity index (χ0v) is 19.9. The van der Waals surface area contributed by atoms with E-state index in [0.29, 0.717) is 22.5 Å². The third-order valence-corrected chi connectivity index (χ3v) is 6.07. The molecule has 0 radical (unpaired) electrons. The summed E-state index contributed by atoms with van der Waals surface area (Å²) in [7, 11) is 1.73. The fourth-order valence-corrected chi connectivity index (χ4v) is 4.09. The molecule has 35 heavy (non-hydrogen) atoms. The molecule has 1 saturated heterocycles. The lowest BCUT2D eigenvalue weighted by Crippen LogP contribution is -2.35. The Balaban J connectivity index is 1.30. The van der Waals surface area contributed by atoms with E-state index in [1.54, 1.807) is 54.4 Å². The number of rotatable bonds is 7. The first-order chi connectivity index (χ1) is 17.0. The standard InChI is InChI=1S/C28H30N4O3/c1-31(25-11-4-2-5-12-25)27(34)22-9-8-10-24(19-22)29-20-26(33)30-23-15-13-21(14-16-23)28(35)32-17-6-3-7-18-32/h2,4-5,8-16,19,29H,3,6-7,17-18,20H2,1H3,(H,30,33). The smallest absolute Gasteiger partial charge is 0.258 e. The van der Waals surface area contributed by atoms with Gasteiger partial charge in [-0.3, -0.25) is 14.4 Å². The topological polar surface area (TPSA) is 81.8 Å². The van der Waals surface area contributed by atoms with Crippen LogP contribution in [-0.2, 0) is 4.79 Å². The second kappa shape index (κ2) is 11.3. The third kappa shape index (κ3) is 6.26. The predicted molar refractivity (Wildman–Crippen MR) is 139 cm³/mol. The minimum Gasteiger partial charge on any atom is -0.376 e. The molecule has 2 N–H and O–H groups in total. The van der Waals surface area contributed by atoms with Gasteiger partial charge in [0.2, 0.25) is 5.91 Å². The minimum absolute atomic E-state index is 0.0385. The second-order valence-electron chi connectivity index (χ2n) is 8.61. The molecule has 180 valence electrons. The van der Waals surface area contributed by atoms with Gasteiger partial charge < -0.3 is 20.4 Å². The lowest BCUT2D eigenvalue weighted by atomic mass is 10.1. The van der Waals surface area contributed by atoms with E-state index in [4.69, 9.17) is 0 Å². The summed E-state index contributed by atoms with van der Waals surface area (Å²) < 4.78 is 0. The molecule has 7 nitrogen and oxygen atoms in total. The van der Waals surface area contributed by atoms with Crippen LogP contribution in [0.4, 0.5) is 17.1 Å². The lowest BCUT2D eigenvalue weighted by Gasteiger charge is -2.26. The number of nitrogens with zero attached hydrogens (tertiary/aromatic N) is 2. The van der Waals surface area contributed by atoms with Crippen molar-refractivity contribution in [3.8, 4) is 0 Å². The molecule has 4 rings (SSSR count). The van der Waals surface area contributed by atoms with E-state index in [0.717, 1.165) is 31.6 Å². The molecule has 3 amide bonds. The first kappa shape index (κ1) is 24.0. The summed E-state index contributed by atoms with van der Waals surface area (Å²) in [5.74, 6) is -0.321. The molecular formula is C28H30N4O3. The SMILES string of the molecule is CN(C(=O)c1cccc(NCC(=O)Nc2ccc(C(=O)N3CCCCC3)cc2)c1)c1ccccc1. The predicted octanol–water partition coefficient (Wildman–Crippen LogP) is 4.64. The van der Waals surface area contributed by atoms with Crippen LogP contribution in [0.5, 0.6) is 0 Å². The van der Waals surface area contributed by atoms with E-state index in [2.05, 4.69) is 10.6 Å². The summed E-state index contributed by atoms with van der Waals surface area (Å²) in [6, 6.07) is 23.5. The number of carbonyl (C=O) groups excluding carboxylic acids is 3. The van der Waals surface area contributed by atoms with Crippen molar-refractivity contribution in [1.82, 2.24) is 4.90 Å². The number of hydrogen-bond acceptors (Lipinski definition) is 4. The zero-order valence-electron chi connectivity index (χ0n) is 19.9. The summed E-state index contributed by atoms with van der Waals surface area (Å²) in [6.45, 7) is 1.65. The average Bonchev–Trinajstić information content (AvgIpc) is 2.92. The number of piperidine rings is 1. The minimum atomic E-state index is -0.224. The van der Waals surface area contributed by atoms with E-state index >= 15 is 0 Å². The van der Waals surface area contributed by atoms with Crippen LogP contribution >= 0.6 is 0 Å². The molecular weight excluding hydrogens is 440 g/mol. The summed E-state index contributed by atoms with van der Waals surface area (Å²) >= 11 is 0. The van der Waals surface area contributed by atoms with Crippen LogP contribution in [0.25, 0.3) is 0 Å². The largest absolute Gasteiger partial charge is 0.376 e. The Morgan fingerprint density at radius 3 is 2.23 bits per heavy atom. The van der Waals surface area contributed by atoms with Gasteiger partial charge in [-0.05, 0) is 73.9 Å². The Hall–Kier alpha value is -4.13. The second-order valence-corrected chi connectivity index (χ2v) is 8.61. The summed E-state index contributed by atoms with van der Waals surface area (Å²) in [5, 5.41) is 5.90. The quantitative estimate of drug-likeness (QED) is 0.527. The van der Waals surface area contributed by atoms with Gasteiger partial charge in [0.15, 0.2) is 0 Å². The molecule has 3 aromatic carbocycles. The Kier molecular flexibility index (Phi) is 7.77. The van der Waals surface area contributed by atoms with Crippen LogP contribution in [0.15, 0.2) is 78.9 Å².